The number of aliphatic hydroxyl groups is 3. The number of carbonyl (C=O) groups excluding carboxylic acids is 5. The van der Waals surface area contributed by atoms with Crippen molar-refractivity contribution >= 4 is 29.2 Å². The lowest BCUT2D eigenvalue weighted by Crippen LogP contribution is -2.61. The van der Waals surface area contributed by atoms with Crippen LogP contribution < -0.4 is 0 Å². The Labute approximate surface area is 405 Å². The second-order valence-electron chi connectivity index (χ2n) is 20.2. The summed E-state index contributed by atoms with van der Waals surface area (Å²) in [5, 5.41) is 32.2. The summed E-state index contributed by atoms with van der Waals surface area (Å²) >= 11 is 0. The number of rotatable bonds is 9. The van der Waals surface area contributed by atoms with Gasteiger partial charge in [0.2, 0.25) is 5.79 Å². The molecule has 1 aliphatic carbocycles. The summed E-state index contributed by atoms with van der Waals surface area (Å²) in [7, 11) is 4.59. The van der Waals surface area contributed by atoms with Gasteiger partial charge in [-0.2, -0.15) is 0 Å². The topological polar surface area (TPSA) is 205 Å². The standard InChI is InChI=1S/C53H83NO14/c1-32-16-12-11-13-17-33(2)44(63-8)30-40-21-19-38(7)53(62,68-40)50(59)51(60)54-23-15-14-18-41(54)52(61)67-45(35(4)28-39-20-22-42(56)46(29-39)64-9)31-43(57)34(3)27-37(6)48(66-25-24-55)49(65-10)47(58)36(5)26-32/h11-13,16-17,27,32,34-36,38-42,44-46,48-49,55-56,62H,14-15,18-26,28-31H2,1-10H3/b13-11+,16-12+,33-17+,37-27+/t32-,34-,35-,36-,38-,39+,40+,41+,42-,44+,45+,46-,48-,49+,53-/m1/s1. The number of amides is 1. The molecule has 4 aliphatic rings. The number of esters is 1. The normalized spacial score (nSPS) is 39.2. The molecule has 3 aliphatic heterocycles. The van der Waals surface area contributed by atoms with Crippen molar-refractivity contribution in [1.82, 2.24) is 4.90 Å². The molecule has 2 bridgehead atoms. The number of ketones is 3. The van der Waals surface area contributed by atoms with Crippen LogP contribution in [0.5, 0.6) is 0 Å². The highest BCUT2D eigenvalue weighted by atomic mass is 16.6. The van der Waals surface area contributed by atoms with Gasteiger partial charge < -0.3 is 48.6 Å². The molecule has 0 aromatic carbocycles. The molecule has 68 heavy (non-hydrogen) atoms. The van der Waals surface area contributed by atoms with E-state index in [2.05, 4.69) is 0 Å². The zero-order valence-corrected chi connectivity index (χ0v) is 42.4. The number of cyclic esters (lactones) is 1. The van der Waals surface area contributed by atoms with E-state index < -0.39 is 83.9 Å². The highest BCUT2D eigenvalue weighted by Crippen LogP contribution is 2.38. The van der Waals surface area contributed by atoms with Gasteiger partial charge in [0.15, 0.2) is 5.78 Å². The molecule has 0 aromatic rings. The van der Waals surface area contributed by atoms with Crippen LogP contribution in [0.2, 0.25) is 0 Å². The Morgan fingerprint density at radius 1 is 0.853 bits per heavy atom. The fourth-order valence-corrected chi connectivity index (χ4v) is 10.5. The lowest BCUT2D eigenvalue weighted by atomic mass is 9.78. The highest BCUT2D eigenvalue weighted by Gasteiger charge is 2.53. The minimum Gasteiger partial charge on any atom is -0.460 e. The second-order valence-corrected chi connectivity index (χ2v) is 20.2. The number of Topliss-reactive ketones (excluding diaryl/α,β-unsaturated/α-hetero) is 3. The number of hydrogen-bond acceptors (Lipinski definition) is 14. The highest BCUT2D eigenvalue weighted by molar-refractivity contribution is 6.39. The Morgan fingerprint density at radius 2 is 1.59 bits per heavy atom. The zero-order chi connectivity index (χ0) is 50.3. The van der Waals surface area contributed by atoms with E-state index in [4.69, 9.17) is 28.4 Å². The van der Waals surface area contributed by atoms with Gasteiger partial charge in [-0.15, -0.1) is 0 Å². The Bertz CT molecular complexity index is 1810. The third-order valence-electron chi connectivity index (χ3n) is 14.8. The molecule has 0 spiro atoms. The molecule has 384 valence electrons. The predicted molar refractivity (Wildman–Crippen MR) is 256 cm³/mol. The minimum absolute atomic E-state index is 0.0190. The number of fused-ring (bicyclic) bond motifs is 3. The Kier molecular flexibility index (Phi) is 22.9. The van der Waals surface area contributed by atoms with Crippen LogP contribution in [0.4, 0.5) is 0 Å². The number of piperidine rings is 1. The van der Waals surface area contributed by atoms with Gasteiger partial charge in [0.1, 0.15) is 30.1 Å². The Morgan fingerprint density at radius 3 is 2.26 bits per heavy atom. The van der Waals surface area contributed by atoms with E-state index in [0.717, 1.165) is 12.0 Å². The minimum atomic E-state index is -2.43. The van der Waals surface area contributed by atoms with Gasteiger partial charge in [-0.25, -0.2) is 4.79 Å². The summed E-state index contributed by atoms with van der Waals surface area (Å²) in [6.07, 6.45) is 11.9. The van der Waals surface area contributed by atoms with Crippen molar-refractivity contribution in [3.8, 4) is 0 Å². The molecular formula is C53H83NO14. The van der Waals surface area contributed by atoms with Crippen molar-refractivity contribution in [2.45, 2.75) is 180 Å². The molecule has 15 atom stereocenters. The van der Waals surface area contributed by atoms with Crippen molar-refractivity contribution in [3.05, 3.63) is 47.6 Å². The van der Waals surface area contributed by atoms with Crippen LogP contribution in [0.25, 0.3) is 0 Å². The van der Waals surface area contributed by atoms with Crippen molar-refractivity contribution < 1.29 is 67.7 Å². The third kappa shape index (κ3) is 15.3. The molecular weight excluding hydrogens is 875 g/mol. The van der Waals surface area contributed by atoms with E-state index in [1.165, 1.54) is 12.0 Å². The molecule has 3 N–H and O–H groups in total. The molecule has 0 aromatic heterocycles. The van der Waals surface area contributed by atoms with Crippen molar-refractivity contribution in [3.63, 3.8) is 0 Å². The molecule has 3 fully saturated rings. The maximum absolute atomic E-state index is 14.5. The van der Waals surface area contributed by atoms with Crippen LogP contribution in [0, 0.1) is 35.5 Å². The molecule has 0 unspecified atom stereocenters. The summed E-state index contributed by atoms with van der Waals surface area (Å²) in [4.78, 5) is 72.6. The number of aliphatic hydroxyl groups excluding tert-OH is 2. The molecule has 2 saturated heterocycles. The largest absolute Gasteiger partial charge is 0.460 e. The first kappa shape index (κ1) is 57.2. The second kappa shape index (κ2) is 27.3. The van der Waals surface area contributed by atoms with Crippen LogP contribution in [0.1, 0.15) is 126 Å². The first-order chi connectivity index (χ1) is 32.3. The molecule has 4 rings (SSSR count). The summed E-state index contributed by atoms with van der Waals surface area (Å²) in [6.45, 7) is 12.6. The van der Waals surface area contributed by atoms with Gasteiger partial charge in [0, 0.05) is 58.5 Å². The van der Waals surface area contributed by atoms with Gasteiger partial charge >= 0.3 is 5.97 Å². The van der Waals surface area contributed by atoms with Crippen molar-refractivity contribution in [2.24, 2.45) is 35.5 Å². The number of carbonyl (C=O) groups is 5. The molecule has 0 radical (unpaired) electrons. The maximum atomic E-state index is 14.5. The summed E-state index contributed by atoms with van der Waals surface area (Å²) < 4.78 is 35.8. The van der Waals surface area contributed by atoms with Crippen molar-refractivity contribution in [1.29, 1.82) is 0 Å². The van der Waals surface area contributed by atoms with Crippen LogP contribution >= 0.6 is 0 Å². The maximum Gasteiger partial charge on any atom is 0.329 e. The number of allylic oxidation sites excluding steroid dienone is 6. The Hall–Kier alpha value is -3.41. The average Bonchev–Trinajstić information content (AvgIpc) is 3.32. The van der Waals surface area contributed by atoms with Gasteiger partial charge in [-0.3, -0.25) is 19.2 Å². The Balaban J connectivity index is 1.74. The lowest BCUT2D eigenvalue weighted by Gasteiger charge is -2.42. The van der Waals surface area contributed by atoms with Gasteiger partial charge in [0.05, 0.1) is 37.6 Å². The summed E-state index contributed by atoms with van der Waals surface area (Å²) in [6, 6.07) is -1.14. The van der Waals surface area contributed by atoms with Crippen LogP contribution in [0.3, 0.4) is 0 Å². The number of methoxy groups -OCH3 is 3. The van der Waals surface area contributed by atoms with Crippen LogP contribution in [-0.4, -0.2) is 145 Å². The molecule has 15 nitrogen and oxygen atoms in total. The van der Waals surface area contributed by atoms with E-state index in [1.807, 2.05) is 58.1 Å². The fraction of sp³-hybridized carbons (Fsp3) is 0.755. The monoisotopic (exact) mass is 958 g/mol. The zero-order valence-electron chi connectivity index (χ0n) is 42.4. The van der Waals surface area contributed by atoms with Gasteiger partial charge in [-0.1, -0.05) is 71.1 Å². The van der Waals surface area contributed by atoms with Crippen molar-refractivity contribution in [2.75, 3.05) is 41.1 Å². The van der Waals surface area contributed by atoms with E-state index in [1.54, 1.807) is 41.1 Å². The first-order valence-corrected chi connectivity index (χ1v) is 25.0. The van der Waals surface area contributed by atoms with E-state index in [0.29, 0.717) is 63.4 Å². The molecule has 1 saturated carbocycles. The predicted octanol–water partition coefficient (Wildman–Crippen LogP) is 6.20. The molecule has 1 amide bonds. The fourth-order valence-electron chi connectivity index (χ4n) is 10.5. The van der Waals surface area contributed by atoms with E-state index >= 15 is 0 Å². The average molecular weight is 958 g/mol. The quantitative estimate of drug-likeness (QED) is 0.134. The first-order valence-electron chi connectivity index (χ1n) is 25.0. The number of hydrogen-bond donors (Lipinski definition) is 3. The number of nitrogens with zero attached hydrogens (tertiary/aromatic N) is 1. The SMILES string of the molecule is CO[C@H]1C[C@@H]2CC[C@@H](C)[C@@](O)(O2)C(=O)C(=O)N2CCCC[C@H]2C(=O)O[C@H]([C@H](C)C[C@@H]2CC[C@@H](O)[C@H](OC)C2)CC(=O)[C@H](C)/C=C(\C)[C@@H](OCCO)[C@@H](OC)C(=O)[C@H](C)C[C@H](C)/C=C/C=C/C=C/1C. The molecule has 15 heteroatoms. The van der Waals surface area contributed by atoms with E-state index in [-0.39, 0.29) is 68.0 Å². The van der Waals surface area contributed by atoms with Crippen LogP contribution in [0.15, 0.2) is 47.6 Å². The van der Waals surface area contributed by atoms with E-state index in [9.17, 15) is 39.3 Å². The third-order valence-corrected chi connectivity index (χ3v) is 14.8. The smallest absolute Gasteiger partial charge is 0.329 e. The number of ether oxygens (including phenoxy) is 6. The summed E-state index contributed by atoms with van der Waals surface area (Å²) in [5.41, 5.74) is 1.44. The van der Waals surface area contributed by atoms with Gasteiger partial charge in [0.25, 0.3) is 11.7 Å². The van der Waals surface area contributed by atoms with Crippen LogP contribution in [-0.2, 0) is 52.4 Å². The molecule has 3 heterocycles. The van der Waals surface area contributed by atoms with Gasteiger partial charge in [-0.05, 0) is 107 Å². The summed E-state index contributed by atoms with van der Waals surface area (Å²) in [5.74, 6) is -7.84. The lowest BCUT2D eigenvalue weighted by molar-refractivity contribution is -0.265.